The highest BCUT2D eigenvalue weighted by Gasteiger charge is 2.30. The number of aliphatic carboxylic acids is 2. The van der Waals surface area contributed by atoms with Crippen LogP contribution >= 0.6 is 23.4 Å². The fourth-order valence-electron chi connectivity index (χ4n) is 3.16. The third-order valence-electron chi connectivity index (χ3n) is 4.84. The number of likely N-dealkylation sites (tertiary alicyclic amines) is 1. The maximum atomic E-state index is 9.10. The number of halogens is 1. The average Bonchev–Trinajstić information content (AvgIpc) is 2.75. The van der Waals surface area contributed by atoms with Crippen LogP contribution in [0.4, 0.5) is 0 Å². The summed E-state index contributed by atoms with van der Waals surface area (Å²) in [6.45, 7) is 7.05. The summed E-state index contributed by atoms with van der Waals surface area (Å²) in [4.78, 5) is 20.8. The highest BCUT2D eigenvalue weighted by molar-refractivity contribution is 7.99. The number of ether oxygens (including phenoxy) is 2. The summed E-state index contributed by atoms with van der Waals surface area (Å²) in [6.07, 6.45) is 5.39. The van der Waals surface area contributed by atoms with Gasteiger partial charge in [-0.15, -0.1) is 0 Å². The Morgan fingerprint density at radius 1 is 1.16 bits per heavy atom. The van der Waals surface area contributed by atoms with E-state index in [1.807, 2.05) is 23.9 Å². The Kier molecular flexibility index (Phi) is 14.6. The van der Waals surface area contributed by atoms with Crippen molar-refractivity contribution in [2.24, 2.45) is 0 Å². The highest BCUT2D eigenvalue weighted by atomic mass is 35.5. The molecule has 2 N–H and O–H groups in total. The number of thioether (sulfide) groups is 1. The van der Waals surface area contributed by atoms with Gasteiger partial charge in [0.1, 0.15) is 0 Å². The standard InChI is InChI=1S/C20H32ClNO2S.C2H2O4/c1-3-4-5-11-22-12-10-20(19(15-22)24-14-13-23-2)25-16-17-6-8-18(21)9-7-17;3-1(4)2(5)6/h6-9,19-20H,3-5,10-16H2,1-2H3;(H,3,4)(H,5,6). The van der Waals surface area contributed by atoms with Crippen molar-refractivity contribution in [3.63, 3.8) is 0 Å². The van der Waals surface area contributed by atoms with Gasteiger partial charge in [-0.1, -0.05) is 43.5 Å². The zero-order valence-corrected chi connectivity index (χ0v) is 19.9. The second-order valence-electron chi connectivity index (χ2n) is 7.28. The zero-order valence-electron chi connectivity index (χ0n) is 18.3. The van der Waals surface area contributed by atoms with Crippen molar-refractivity contribution in [1.82, 2.24) is 4.90 Å². The van der Waals surface area contributed by atoms with E-state index in [0.717, 1.165) is 17.3 Å². The predicted octanol–water partition coefficient (Wildman–Crippen LogP) is 4.02. The molecule has 1 fully saturated rings. The van der Waals surface area contributed by atoms with Crippen LogP contribution in [0, 0.1) is 0 Å². The van der Waals surface area contributed by atoms with Crippen LogP contribution in [0.1, 0.15) is 38.2 Å². The van der Waals surface area contributed by atoms with Crippen LogP contribution in [-0.2, 0) is 24.8 Å². The minimum atomic E-state index is -1.82. The quantitative estimate of drug-likeness (QED) is 0.366. The maximum absolute atomic E-state index is 9.10. The van der Waals surface area contributed by atoms with Crippen LogP contribution in [0.25, 0.3) is 0 Å². The molecule has 176 valence electrons. The molecule has 0 amide bonds. The smallest absolute Gasteiger partial charge is 0.414 e. The fraction of sp³-hybridized carbons (Fsp3) is 0.636. The third-order valence-corrected chi connectivity index (χ3v) is 6.56. The molecule has 0 spiro atoms. The van der Waals surface area contributed by atoms with Gasteiger partial charge in [-0.3, -0.25) is 0 Å². The summed E-state index contributed by atoms with van der Waals surface area (Å²) in [6, 6.07) is 8.19. The molecule has 1 aromatic carbocycles. The number of unbranched alkanes of at least 4 members (excludes halogenated alkanes) is 2. The van der Waals surface area contributed by atoms with Crippen LogP contribution in [-0.4, -0.2) is 78.4 Å². The molecule has 1 aromatic rings. The molecular weight excluding hydrogens is 442 g/mol. The lowest BCUT2D eigenvalue weighted by Crippen LogP contribution is -2.47. The lowest BCUT2D eigenvalue weighted by atomic mass is 10.1. The molecule has 1 saturated heterocycles. The van der Waals surface area contributed by atoms with Gasteiger partial charge in [0.05, 0.1) is 19.3 Å². The summed E-state index contributed by atoms with van der Waals surface area (Å²) in [7, 11) is 1.73. The Labute approximate surface area is 194 Å². The monoisotopic (exact) mass is 475 g/mol. The first-order valence-electron chi connectivity index (χ1n) is 10.5. The van der Waals surface area contributed by atoms with Crippen molar-refractivity contribution in [3.05, 3.63) is 34.9 Å². The van der Waals surface area contributed by atoms with Gasteiger partial charge < -0.3 is 24.6 Å². The molecule has 9 heteroatoms. The van der Waals surface area contributed by atoms with Gasteiger partial charge in [0.25, 0.3) is 0 Å². The normalized spacial score (nSPS) is 18.8. The molecule has 0 aliphatic carbocycles. The largest absolute Gasteiger partial charge is 0.473 e. The number of carboxylic acid groups (broad SMARTS) is 2. The predicted molar refractivity (Wildman–Crippen MR) is 124 cm³/mol. The first-order chi connectivity index (χ1) is 14.9. The average molecular weight is 476 g/mol. The Balaban J connectivity index is 0.000000703. The molecule has 1 aliphatic rings. The number of hydrogen-bond donors (Lipinski definition) is 2. The Hall–Kier alpha value is -1.32. The molecule has 2 atom stereocenters. The summed E-state index contributed by atoms with van der Waals surface area (Å²) in [5, 5.41) is 16.1. The van der Waals surface area contributed by atoms with Crippen molar-refractivity contribution in [3.8, 4) is 0 Å². The molecule has 2 rings (SSSR count). The van der Waals surface area contributed by atoms with Crippen LogP contribution in [0.15, 0.2) is 24.3 Å². The van der Waals surface area contributed by atoms with E-state index in [-0.39, 0.29) is 0 Å². The fourth-order valence-corrected chi connectivity index (χ4v) is 4.54. The summed E-state index contributed by atoms with van der Waals surface area (Å²) >= 11 is 8.00. The highest BCUT2D eigenvalue weighted by Crippen LogP contribution is 2.29. The second kappa shape index (κ2) is 16.3. The van der Waals surface area contributed by atoms with Crippen molar-refractivity contribution in [2.45, 2.75) is 49.7 Å². The SMILES string of the molecule is CCCCCN1CCC(SCc2ccc(Cl)cc2)C(OCCOC)C1.O=C(O)C(=O)O. The first kappa shape index (κ1) is 27.7. The molecule has 0 saturated carbocycles. The molecular formula is C22H34ClNO6S. The van der Waals surface area contributed by atoms with Gasteiger partial charge in [-0.05, 0) is 43.6 Å². The molecule has 0 bridgehead atoms. The van der Waals surface area contributed by atoms with E-state index in [2.05, 4.69) is 24.0 Å². The van der Waals surface area contributed by atoms with E-state index >= 15 is 0 Å². The molecule has 31 heavy (non-hydrogen) atoms. The minimum Gasteiger partial charge on any atom is -0.473 e. The van der Waals surface area contributed by atoms with Crippen molar-refractivity contribution in [2.75, 3.05) is 40.0 Å². The van der Waals surface area contributed by atoms with Crippen LogP contribution in [0.3, 0.4) is 0 Å². The van der Waals surface area contributed by atoms with Crippen LogP contribution in [0.5, 0.6) is 0 Å². The van der Waals surface area contributed by atoms with E-state index in [1.54, 1.807) is 7.11 Å². The van der Waals surface area contributed by atoms with Crippen molar-refractivity contribution >= 4 is 35.3 Å². The lowest BCUT2D eigenvalue weighted by molar-refractivity contribution is -0.159. The number of benzene rings is 1. The number of carboxylic acids is 2. The summed E-state index contributed by atoms with van der Waals surface area (Å²) in [5.41, 5.74) is 1.33. The van der Waals surface area contributed by atoms with Crippen molar-refractivity contribution < 1.29 is 29.3 Å². The van der Waals surface area contributed by atoms with E-state index in [0.29, 0.717) is 24.6 Å². The Morgan fingerprint density at radius 3 is 2.42 bits per heavy atom. The summed E-state index contributed by atoms with van der Waals surface area (Å²) in [5.74, 6) is -2.63. The minimum absolute atomic E-state index is 0.294. The number of nitrogens with zero attached hydrogens (tertiary/aromatic N) is 1. The second-order valence-corrected chi connectivity index (χ2v) is 8.95. The van der Waals surface area contributed by atoms with Crippen LogP contribution < -0.4 is 0 Å². The van der Waals surface area contributed by atoms with E-state index in [9.17, 15) is 0 Å². The maximum Gasteiger partial charge on any atom is 0.414 e. The first-order valence-corrected chi connectivity index (χ1v) is 11.9. The van der Waals surface area contributed by atoms with Gasteiger partial charge >= 0.3 is 11.9 Å². The number of carbonyl (C=O) groups is 2. The lowest BCUT2D eigenvalue weighted by Gasteiger charge is -2.38. The van der Waals surface area contributed by atoms with E-state index < -0.39 is 11.9 Å². The number of hydrogen-bond acceptors (Lipinski definition) is 6. The number of rotatable bonds is 11. The summed E-state index contributed by atoms with van der Waals surface area (Å²) < 4.78 is 11.3. The Morgan fingerprint density at radius 2 is 1.84 bits per heavy atom. The Bertz CT molecular complexity index is 633. The van der Waals surface area contributed by atoms with Gasteiger partial charge in [-0.2, -0.15) is 11.8 Å². The van der Waals surface area contributed by atoms with Crippen molar-refractivity contribution in [1.29, 1.82) is 0 Å². The molecule has 1 heterocycles. The molecule has 2 unspecified atom stereocenters. The molecule has 1 aliphatic heterocycles. The third kappa shape index (κ3) is 12.3. The van der Waals surface area contributed by atoms with Crippen LogP contribution in [0.2, 0.25) is 5.02 Å². The van der Waals surface area contributed by atoms with Gasteiger partial charge in [-0.25, -0.2) is 9.59 Å². The van der Waals surface area contributed by atoms with Gasteiger partial charge in [0.15, 0.2) is 0 Å². The van der Waals surface area contributed by atoms with E-state index in [1.165, 1.54) is 44.3 Å². The topological polar surface area (TPSA) is 96.3 Å². The van der Waals surface area contributed by atoms with E-state index in [4.69, 9.17) is 40.9 Å². The van der Waals surface area contributed by atoms with Gasteiger partial charge in [0, 0.05) is 29.7 Å². The molecule has 7 nitrogen and oxygen atoms in total. The zero-order chi connectivity index (χ0) is 23.1. The number of piperidine rings is 1. The molecule has 0 aromatic heterocycles. The molecule has 0 radical (unpaired) electrons. The number of methoxy groups -OCH3 is 1. The van der Waals surface area contributed by atoms with Gasteiger partial charge in [0.2, 0.25) is 0 Å².